The van der Waals surface area contributed by atoms with Crippen LogP contribution in [-0.2, 0) is 9.53 Å². The topological polar surface area (TPSA) is 88.4 Å². The van der Waals surface area contributed by atoms with Crippen LogP contribution in [0.4, 0.5) is 0 Å². The summed E-state index contributed by atoms with van der Waals surface area (Å²) in [7, 11) is 4.68. The van der Waals surface area contributed by atoms with Crippen molar-refractivity contribution >= 4 is 23.4 Å². The van der Waals surface area contributed by atoms with Crippen molar-refractivity contribution in [1.82, 2.24) is 4.57 Å². The van der Waals surface area contributed by atoms with Crippen molar-refractivity contribution in [3.63, 3.8) is 0 Å². The smallest absolute Gasteiger partial charge is 0.338 e. The second kappa shape index (κ2) is 10.7. The van der Waals surface area contributed by atoms with Crippen LogP contribution in [0.1, 0.15) is 24.1 Å². The Hall–Kier alpha value is -4.11. The molecule has 3 aromatic rings. The molecule has 36 heavy (non-hydrogen) atoms. The first-order chi connectivity index (χ1) is 17.4. The summed E-state index contributed by atoms with van der Waals surface area (Å²) in [6.45, 7) is 5.39. The number of fused-ring (bicyclic) bond motifs is 1. The normalized spacial score (nSPS) is 15.1. The lowest BCUT2D eigenvalue weighted by molar-refractivity contribution is -0.138. The Balaban J connectivity index is 1.94. The number of esters is 1. The van der Waals surface area contributed by atoms with Gasteiger partial charge in [-0.2, -0.15) is 0 Å². The molecule has 0 bridgehead atoms. The van der Waals surface area contributed by atoms with E-state index in [4.69, 9.17) is 18.9 Å². The van der Waals surface area contributed by atoms with Crippen molar-refractivity contribution in [2.75, 3.05) is 27.9 Å². The van der Waals surface area contributed by atoms with Crippen molar-refractivity contribution < 1.29 is 23.7 Å². The molecule has 4 rings (SSSR count). The van der Waals surface area contributed by atoms with Crippen LogP contribution in [0, 0.1) is 0 Å². The van der Waals surface area contributed by atoms with E-state index in [1.54, 1.807) is 52.5 Å². The Labute approximate surface area is 212 Å². The quantitative estimate of drug-likeness (QED) is 0.345. The fraction of sp³-hybridized carbons (Fsp3) is 0.222. The fourth-order valence-corrected chi connectivity index (χ4v) is 5.10. The largest absolute Gasteiger partial charge is 0.497 e. The Bertz CT molecular complexity index is 1520. The van der Waals surface area contributed by atoms with E-state index in [0.717, 1.165) is 5.56 Å². The molecule has 9 heteroatoms. The van der Waals surface area contributed by atoms with Gasteiger partial charge in [0.15, 0.2) is 16.3 Å². The van der Waals surface area contributed by atoms with Crippen LogP contribution in [0.15, 0.2) is 76.2 Å². The molecule has 0 saturated carbocycles. The van der Waals surface area contributed by atoms with Crippen LogP contribution in [0.3, 0.4) is 0 Å². The lowest BCUT2D eigenvalue weighted by Gasteiger charge is -2.24. The number of methoxy groups -OCH3 is 3. The zero-order chi connectivity index (χ0) is 25.8. The summed E-state index contributed by atoms with van der Waals surface area (Å²) in [6, 6.07) is 11.9. The molecule has 0 fully saturated rings. The minimum Gasteiger partial charge on any atom is -0.497 e. The number of allylic oxidation sites excluding steroid dienone is 1. The number of thiazole rings is 1. The summed E-state index contributed by atoms with van der Waals surface area (Å²) in [5.41, 5.74) is 1.90. The number of para-hydroxylation sites is 1. The van der Waals surface area contributed by atoms with Crippen molar-refractivity contribution in [3.05, 3.63) is 97.2 Å². The highest BCUT2D eigenvalue weighted by atomic mass is 32.1. The molecule has 1 aliphatic heterocycles. The first kappa shape index (κ1) is 25.0. The molecule has 0 spiro atoms. The maximum atomic E-state index is 13.8. The molecule has 186 valence electrons. The molecular weight excluding hydrogens is 480 g/mol. The number of hydrogen-bond acceptors (Lipinski definition) is 8. The number of carbonyl (C=O) groups is 1. The van der Waals surface area contributed by atoms with Gasteiger partial charge in [-0.15, -0.1) is 0 Å². The van der Waals surface area contributed by atoms with E-state index >= 15 is 0 Å². The van der Waals surface area contributed by atoms with Gasteiger partial charge in [-0.05, 0) is 36.8 Å². The number of rotatable bonds is 8. The van der Waals surface area contributed by atoms with Gasteiger partial charge >= 0.3 is 5.97 Å². The minimum absolute atomic E-state index is 0.0466. The van der Waals surface area contributed by atoms with Crippen molar-refractivity contribution in [1.29, 1.82) is 0 Å². The van der Waals surface area contributed by atoms with E-state index in [-0.39, 0.29) is 12.2 Å². The van der Waals surface area contributed by atoms with E-state index in [9.17, 15) is 9.59 Å². The van der Waals surface area contributed by atoms with Gasteiger partial charge in [0.2, 0.25) is 0 Å². The second-order valence-electron chi connectivity index (χ2n) is 7.82. The van der Waals surface area contributed by atoms with Crippen LogP contribution in [0.5, 0.6) is 17.2 Å². The average molecular weight is 507 g/mol. The monoisotopic (exact) mass is 506 g/mol. The summed E-state index contributed by atoms with van der Waals surface area (Å²) in [5.74, 6) is 1.18. The van der Waals surface area contributed by atoms with E-state index < -0.39 is 12.0 Å². The number of aromatic nitrogens is 1. The lowest BCUT2D eigenvalue weighted by Crippen LogP contribution is -2.39. The Morgan fingerprint density at radius 2 is 1.86 bits per heavy atom. The fourth-order valence-electron chi connectivity index (χ4n) is 4.06. The molecule has 8 nitrogen and oxygen atoms in total. The summed E-state index contributed by atoms with van der Waals surface area (Å²) >= 11 is 1.24. The lowest BCUT2D eigenvalue weighted by atomic mass is 9.96. The van der Waals surface area contributed by atoms with E-state index in [0.29, 0.717) is 43.4 Å². The third kappa shape index (κ3) is 4.57. The van der Waals surface area contributed by atoms with E-state index in [1.165, 1.54) is 22.0 Å². The van der Waals surface area contributed by atoms with Crippen molar-refractivity contribution in [3.8, 4) is 17.2 Å². The minimum atomic E-state index is -0.723. The molecule has 0 N–H and O–H groups in total. The maximum Gasteiger partial charge on any atom is 0.338 e. The summed E-state index contributed by atoms with van der Waals surface area (Å²) in [4.78, 5) is 31.9. The number of nitrogens with zero attached hydrogens (tertiary/aromatic N) is 2. The summed E-state index contributed by atoms with van der Waals surface area (Å²) in [5, 5.41) is 0. The molecule has 0 saturated heterocycles. The highest BCUT2D eigenvalue weighted by molar-refractivity contribution is 7.07. The first-order valence-corrected chi connectivity index (χ1v) is 11.9. The molecule has 0 radical (unpaired) electrons. The SMILES string of the molecule is C=CCOC(=O)C1=C(C)N=c2s/c(=C/c3cccc(OC)c3OC)c(=O)n2[C@@H]1c1ccc(OC)cc1. The molecule has 2 aromatic carbocycles. The van der Waals surface area contributed by atoms with Gasteiger partial charge in [0.05, 0.1) is 43.2 Å². The maximum absolute atomic E-state index is 13.8. The molecule has 1 atom stereocenters. The van der Waals surface area contributed by atoms with E-state index in [1.807, 2.05) is 24.3 Å². The summed E-state index contributed by atoms with van der Waals surface area (Å²) in [6.07, 6.45) is 3.23. The van der Waals surface area contributed by atoms with Crippen LogP contribution >= 0.6 is 11.3 Å². The number of hydrogen-bond donors (Lipinski definition) is 0. The molecular formula is C27H26N2O6S. The van der Waals surface area contributed by atoms with Gasteiger partial charge in [-0.1, -0.05) is 48.3 Å². The predicted octanol–water partition coefficient (Wildman–Crippen LogP) is 2.99. The number of ether oxygens (including phenoxy) is 4. The predicted molar refractivity (Wildman–Crippen MR) is 137 cm³/mol. The van der Waals surface area contributed by atoms with Crippen LogP contribution in [0.25, 0.3) is 6.08 Å². The molecule has 0 amide bonds. The highest BCUT2D eigenvalue weighted by Crippen LogP contribution is 2.33. The van der Waals surface area contributed by atoms with Gasteiger partial charge in [-0.25, -0.2) is 9.79 Å². The third-order valence-corrected chi connectivity index (χ3v) is 6.71. The van der Waals surface area contributed by atoms with E-state index in [2.05, 4.69) is 11.6 Å². The molecule has 1 aromatic heterocycles. The molecule has 0 aliphatic carbocycles. The molecule has 0 unspecified atom stereocenters. The second-order valence-corrected chi connectivity index (χ2v) is 8.83. The molecule has 1 aliphatic rings. The first-order valence-electron chi connectivity index (χ1n) is 11.1. The molecule has 2 heterocycles. The van der Waals surface area contributed by atoms with Gasteiger partial charge in [0, 0.05) is 5.56 Å². The third-order valence-electron chi connectivity index (χ3n) is 5.73. The Morgan fingerprint density at radius 3 is 2.50 bits per heavy atom. The summed E-state index contributed by atoms with van der Waals surface area (Å²) < 4.78 is 23.5. The van der Waals surface area contributed by atoms with Crippen LogP contribution in [0.2, 0.25) is 0 Å². The van der Waals surface area contributed by atoms with Crippen LogP contribution < -0.4 is 29.1 Å². The van der Waals surface area contributed by atoms with Gasteiger partial charge in [-0.3, -0.25) is 9.36 Å². The zero-order valence-electron chi connectivity index (χ0n) is 20.4. The van der Waals surface area contributed by atoms with Gasteiger partial charge < -0.3 is 18.9 Å². The average Bonchev–Trinajstić information content (AvgIpc) is 3.20. The van der Waals surface area contributed by atoms with Gasteiger partial charge in [0.25, 0.3) is 5.56 Å². The standard InChI is InChI=1S/C27H26N2O6S/c1-6-14-35-26(31)22-16(2)28-27-29(23(22)17-10-12-19(32-3)13-11-17)25(30)21(36-27)15-18-8-7-9-20(33-4)24(18)34-5/h6-13,15,23H,1,14H2,2-5H3/b21-15+/t23-/m1/s1. The van der Waals surface area contributed by atoms with Crippen LogP contribution in [-0.4, -0.2) is 38.5 Å². The van der Waals surface area contributed by atoms with Gasteiger partial charge in [0.1, 0.15) is 12.4 Å². The Morgan fingerprint density at radius 1 is 1.11 bits per heavy atom. The number of benzene rings is 2. The van der Waals surface area contributed by atoms with Crippen molar-refractivity contribution in [2.45, 2.75) is 13.0 Å². The van der Waals surface area contributed by atoms with Crippen molar-refractivity contribution in [2.24, 2.45) is 4.99 Å². The number of carbonyl (C=O) groups excluding carboxylic acids is 1. The highest BCUT2D eigenvalue weighted by Gasteiger charge is 2.33. The zero-order valence-corrected chi connectivity index (χ0v) is 21.3. The Kier molecular flexibility index (Phi) is 7.40.